The van der Waals surface area contributed by atoms with E-state index < -0.39 is 0 Å². The van der Waals surface area contributed by atoms with Crippen LogP contribution < -0.4 is 0 Å². The molecule has 0 aliphatic carbocycles. The van der Waals surface area contributed by atoms with Gasteiger partial charge in [0.1, 0.15) is 0 Å². The minimum Gasteiger partial charge on any atom is -0.228 e. The molecule has 0 fully saturated rings. The van der Waals surface area contributed by atoms with E-state index in [0.29, 0.717) is 5.82 Å². The van der Waals surface area contributed by atoms with Crippen molar-refractivity contribution >= 4 is 63.0 Å². The second-order valence-electron chi connectivity index (χ2n) is 16.6. The molecule has 0 aliphatic heterocycles. The summed E-state index contributed by atoms with van der Waals surface area (Å²) < 4.78 is 5.17. The number of rotatable bonds is 7. The van der Waals surface area contributed by atoms with E-state index in [9.17, 15) is 0 Å². The van der Waals surface area contributed by atoms with Gasteiger partial charge in [0.15, 0.2) is 5.82 Å². The Morgan fingerprint density at radius 2 is 0.781 bits per heavy atom. The molecule has 0 saturated heterocycles. The molecule has 0 atom stereocenters. The van der Waals surface area contributed by atoms with E-state index in [1.165, 1.54) is 84.9 Å². The van der Waals surface area contributed by atoms with Gasteiger partial charge in [0.05, 0.1) is 11.4 Å². The molecule has 302 valence electrons. The number of hydrogen-bond acceptors (Lipinski definition) is 4. The molecule has 3 aromatic heterocycles. The lowest BCUT2D eigenvalue weighted by Gasteiger charge is -2.15. The van der Waals surface area contributed by atoms with Crippen molar-refractivity contribution in [2.24, 2.45) is 0 Å². The first-order valence-electron chi connectivity index (χ1n) is 21.7. The summed E-state index contributed by atoms with van der Waals surface area (Å²) in [5, 5.41) is 5.16. The highest BCUT2D eigenvalue weighted by molar-refractivity contribution is 7.26. The van der Waals surface area contributed by atoms with Crippen molar-refractivity contribution in [1.82, 2.24) is 9.97 Å². The Hall–Kier alpha value is -7.50. The van der Waals surface area contributed by atoms with Crippen LogP contribution in [0.1, 0.15) is 11.1 Å². The van der Waals surface area contributed by atoms with Gasteiger partial charge in [-0.25, -0.2) is 9.97 Å². The maximum atomic E-state index is 5.38. The largest absolute Gasteiger partial charge is 0.228 e. The number of nitrogens with zero attached hydrogens (tertiary/aromatic N) is 2. The smallest absolute Gasteiger partial charge is 0.160 e. The SMILES string of the molecule is Cc1ccccc1-c1cccc(-c2ccc(-c3cc(-c4cc(-c5cccc6c5sc5ccccc56)cc(-c5cccc6c5sc5ccccc56)c4)nc(-c4ccccc4)n3)cc2)c1C. The average molecular weight is 853 g/mol. The molecule has 64 heavy (non-hydrogen) atoms. The summed E-state index contributed by atoms with van der Waals surface area (Å²) in [6, 6.07) is 74.7. The summed E-state index contributed by atoms with van der Waals surface area (Å²) in [5.74, 6) is 0.698. The van der Waals surface area contributed by atoms with E-state index in [4.69, 9.17) is 9.97 Å². The molecule has 0 spiro atoms. The zero-order valence-electron chi connectivity index (χ0n) is 35.3. The molecule has 0 saturated carbocycles. The Balaban J connectivity index is 1.04. The lowest BCUT2D eigenvalue weighted by molar-refractivity contribution is 1.18. The predicted octanol–water partition coefficient (Wildman–Crippen LogP) is 17.5. The number of hydrogen-bond donors (Lipinski definition) is 0. The fourth-order valence-electron chi connectivity index (χ4n) is 9.43. The Labute approximate surface area is 380 Å². The molecule has 0 unspecified atom stereocenters. The molecule has 0 radical (unpaired) electrons. The molecular weight excluding hydrogens is 813 g/mol. The quantitative estimate of drug-likeness (QED) is 0.160. The van der Waals surface area contributed by atoms with Gasteiger partial charge in [0.25, 0.3) is 0 Å². The number of fused-ring (bicyclic) bond motifs is 6. The maximum absolute atomic E-state index is 5.38. The van der Waals surface area contributed by atoms with Gasteiger partial charge in [0, 0.05) is 57.0 Å². The second-order valence-corrected chi connectivity index (χ2v) is 18.7. The first-order valence-corrected chi connectivity index (χ1v) is 23.3. The van der Waals surface area contributed by atoms with E-state index in [2.05, 4.69) is 214 Å². The minimum atomic E-state index is 0.698. The third kappa shape index (κ3) is 6.62. The van der Waals surface area contributed by atoms with Crippen molar-refractivity contribution in [3.8, 4) is 78.4 Å². The number of aromatic nitrogens is 2. The lowest BCUT2D eigenvalue weighted by Crippen LogP contribution is -1.97. The highest BCUT2D eigenvalue weighted by atomic mass is 32.1. The Morgan fingerprint density at radius 3 is 1.42 bits per heavy atom. The molecule has 9 aromatic carbocycles. The van der Waals surface area contributed by atoms with Crippen LogP contribution in [0.5, 0.6) is 0 Å². The van der Waals surface area contributed by atoms with Crippen LogP contribution in [0.4, 0.5) is 0 Å². The van der Waals surface area contributed by atoms with Gasteiger partial charge in [-0.3, -0.25) is 0 Å². The molecule has 12 aromatic rings. The molecule has 0 N–H and O–H groups in total. The lowest BCUT2D eigenvalue weighted by atomic mass is 9.90. The van der Waals surface area contributed by atoms with E-state index in [0.717, 1.165) is 39.2 Å². The molecular formula is C60H40N2S2. The molecule has 2 nitrogen and oxygen atoms in total. The highest BCUT2D eigenvalue weighted by Crippen LogP contribution is 2.45. The predicted molar refractivity (Wildman–Crippen MR) is 275 cm³/mol. The number of benzene rings is 9. The third-order valence-corrected chi connectivity index (χ3v) is 15.1. The second kappa shape index (κ2) is 15.7. The van der Waals surface area contributed by atoms with Crippen LogP contribution in [0.2, 0.25) is 0 Å². The van der Waals surface area contributed by atoms with Crippen molar-refractivity contribution in [2.75, 3.05) is 0 Å². The van der Waals surface area contributed by atoms with Crippen LogP contribution in [0, 0.1) is 13.8 Å². The molecule has 0 aliphatic rings. The Morgan fingerprint density at radius 1 is 0.312 bits per heavy atom. The number of aryl methyl sites for hydroxylation is 1. The van der Waals surface area contributed by atoms with Gasteiger partial charge in [-0.1, -0.05) is 170 Å². The molecule has 12 rings (SSSR count). The monoisotopic (exact) mass is 852 g/mol. The van der Waals surface area contributed by atoms with E-state index in [1.54, 1.807) is 0 Å². The summed E-state index contributed by atoms with van der Waals surface area (Å²) in [5.41, 5.74) is 17.1. The number of thiophene rings is 2. The topological polar surface area (TPSA) is 25.8 Å². The van der Waals surface area contributed by atoms with Gasteiger partial charge >= 0.3 is 0 Å². The Bertz CT molecular complexity index is 3610. The fourth-order valence-corrected chi connectivity index (χ4v) is 11.9. The van der Waals surface area contributed by atoms with Gasteiger partial charge in [-0.2, -0.15) is 0 Å². The standard InChI is InChI=1S/C60H40N2S2/c1-37-15-6-7-18-45(37)47-22-12-21-46(38(47)2)39-29-31-40(32-30-39)54-36-55(62-60(61-54)41-16-4-3-5-17-41)44-34-42(48-23-13-25-52-50-19-8-10-27-56(50)63-58(48)52)33-43(35-44)49-24-14-26-53-51-20-9-11-28-57(51)64-59(49)53/h3-36H,1-2H3. The van der Waals surface area contributed by atoms with Gasteiger partial charge in [0.2, 0.25) is 0 Å². The van der Waals surface area contributed by atoms with Crippen LogP contribution >= 0.6 is 22.7 Å². The van der Waals surface area contributed by atoms with E-state index in [1.807, 2.05) is 28.7 Å². The van der Waals surface area contributed by atoms with Crippen LogP contribution in [0.3, 0.4) is 0 Å². The first-order chi connectivity index (χ1) is 31.5. The summed E-state index contributed by atoms with van der Waals surface area (Å²) in [6.07, 6.45) is 0. The van der Waals surface area contributed by atoms with Gasteiger partial charge in [-0.15, -0.1) is 22.7 Å². The summed E-state index contributed by atoms with van der Waals surface area (Å²) in [6.45, 7) is 4.42. The van der Waals surface area contributed by atoms with Crippen LogP contribution in [-0.2, 0) is 0 Å². The first kappa shape index (κ1) is 38.2. The fraction of sp³-hybridized carbons (Fsp3) is 0.0333. The zero-order chi connectivity index (χ0) is 42.7. The van der Waals surface area contributed by atoms with Crippen LogP contribution in [0.15, 0.2) is 206 Å². The normalized spacial score (nSPS) is 11.6. The molecule has 0 amide bonds. The molecule has 3 heterocycles. The van der Waals surface area contributed by atoms with Crippen molar-refractivity contribution < 1.29 is 0 Å². The zero-order valence-corrected chi connectivity index (χ0v) is 37.0. The van der Waals surface area contributed by atoms with Crippen molar-refractivity contribution in [2.45, 2.75) is 13.8 Å². The summed E-state index contributed by atoms with van der Waals surface area (Å²) in [7, 11) is 0. The summed E-state index contributed by atoms with van der Waals surface area (Å²) in [4.78, 5) is 10.6. The molecule has 0 bridgehead atoms. The average Bonchev–Trinajstić information content (AvgIpc) is 3.93. The maximum Gasteiger partial charge on any atom is 0.160 e. The Kier molecular flexibility index (Phi) is 9.36. The van der Waals surface area contributed by atoms with E-state index in [-0.39, 0.29) is 0 Å². The van der Waals surface area contributed by atoms with Gasteiger partial charge < -0.3 is 0 Å². The van der Waals surface area contributed by atoms with Crippen LogP contribution in [-0.4, -0.2) is 9.97 Å². The minimum absolute atomic E-state index is 0.698. The van der Waals surface area contributed by atoms with Crippen molar-refractivity contribution in [3.05, 3.63) is 217 Å². The van der Waals surface area contributed by atoms with Crippen molar-refractivity contribution in [1.29, 1.82) is 0 Å². The van der Waals surface area contributed by atoms with Crippen molar-refractivity contribution in [3.63, 3.8) is 0 Å². The molecule has 4 heteroatoms. The summed E-state index contributed by atoms with van der Waals surface area (Å²) >= 11 is 3.74. The highest BCUT2D eigenvalue weighted by Gasteiger charge is 2.18. The van der Waals surface area contributed by atoms with Gasteiger partial charge in [-0.05, 0) is 106 Å². The third-order valence-electron chi connectivity index (χ3n) is 12.7. The van der Waals surface area contributed by atoms with E-state index >= 15 is 0 Å². The van der Waals surface area contributed by atoms with Crippen LogP contribution in [0.25, 0.3) is 119 Å².